The minimum Gasteiger partial charge on any atom is -0.321 e. The molecule has 1 heterocycles. The van der Waals surface area contributed by atoms with Gasteiger partial charge in [0.05, 0.1) is 24.7 Å². The van der Waals surface area contributed by atoms with E-state index in [-0.39, 0.29) is 24.6 Å². The molecule has 0 radical (unpaired) electrons. The van der Waals surface area contributed by atoms with Crippen LogP contribution in [0.4, 0.5) is 5.69 Å². The van der Waals surface area contributed by atoms with Gasteiger partial charge in [-0.05, 0) is 30.3 Å². The smallest absolute Gasteiger partial charge is 0.274 e. The fourth-order valence-electron chi connectivity index (χ4n) is 2.63. The summed E-state index contributed by atoms with van der Waals surface area (Å²) in [5.41, 5.74) is 2.07. The average Bonchev–Trinajstić information content (AvgIpc) is 3.05. The molecule has 0 aliphatic rings. The van der Waals surface area contributed by atoms with Crippen LogP contribution in [0.2, 0.25) is 5.02 Å². The maximum Gasteiger partial charge on any atom is 0.274 e. The number of para-hydroxylation sites is 1. The van der Waals surface area contributed by atoms with Crippen molar-refractivity contribution in [1.29, 1.82) is 0 Å². The molecule has 28 heavy (non-hydrogen) atoms. The summed E-state index contributed by atoms with van der Waals surface area (Å²) in [6.45, 7) is -0.0916. The van der Waals surface area contributed by atoms with Gasteiger partial charge in [0.1, 0.15) is 5.69 Å². The molecule has 1 aromatic heterocycles. The van der Waals surface area contributed by atoms with Gasteiger partial charge in [-0.3, -0.25) is 8.98 Å². The van der Waals surface area contributed by atoms with Crippen molar-refractivity contribution in [2.45, 2.75) is 6.42 Å². The Kier molecular flexibility index (Phi) is 6.13. The van der Waals surface area contributed by atoms with E-state index >= 15 is 0 Å². The van der Waals surface area contributed by atoms with Crippen LogP contribution in [0.3, 0.4) is 0 Å². The first-order valence-electron chi connectivity index (χ1n) is 8.37. The number of carbonyl (C=O) groups excluding carboxylic acids is 1. The van der Waals surface area contributed by atoms with Gasteiger partial charge >= 0.3 is 0 Å². The topological polar surface area (TPSA) is 90.3 Å². The number of carbonyl (C=O) groups is 1. The number of anilines is 1. The fourth-order valence-corrected chi connectivity index (χ4v) is 3.20. The molecule has 0 fully saturated rings. The highest BCUT2D eigenvalue weighted by atomic mass is 35.5. The first-order chi connectivity index (χ1) is 13.3. The van der Waals surface area contributed by atoms with Crippen LogP contribution in [0.15, 0.2) is 60.8 Å². The van der Waals surface area contributed by atoms with Crippen molar-refractivity contribution in [3.05, 3.63) is 77.1 Å². The highest BCUT2D eigenvalue weighted by Gasteiger charge is 2.20. The van der Waals surface area contributed by atoms with Crippen LogP contribution in [-0.2, 0) is 20.7 Å². The number of hydrogen-bond acceptors (Lipinski definition) is 5. The molecule has 0 saturated carbocycles. The normalized spacial score (nSPS) is 11.4. The van der Waals surface area contributed by atoms with Gasteiger partial charge < -0.3 is 5.32 Å². The maximum atomic E-state index is 13.0. The van der Waals surface area contributed by atoms with E-state index in [4.69, 9.17) is 15.8 Å². The molecule has 1 N–H and O–H groups in total. The molecule has 0 spiro atoms. The van der Waals surface area contributed by atoms with Gasteiger partial charge in [-0.15, -0.1) is 0 Å². The lowest BCUT2D eigenvalue weighted by Crippen LogP contribution is -2.19. The van der Waals surface area contributed by atoms with Crippen molar-refractivity contribution in [3.8, 4) is 5.69 Å². The number of hydrogen-bond donors (Lipinski definition) is 1. The first-order valence-corrected chi connectivity index (χ1v) is 10.6. The highest BCUT2D eigenvalue weighted by Crippen LogP contribution is 2.20. The lowest BCUT2D eigenvalue weighted by molar-refractivity contribution is 0.101. The van der Waals surface area contributed by atoms with E-state index in [2.05, 4.69) is 10.4 Å². The third kappa shape index (κ3) is 5.19. The Labute approximate surface area is 168 Å². The molecule has 146 valence electrons. The zero-order valence-corrected chi connectivity index (χ0v) is 16.6. The fraction of sp³-hybridized carbons (Fsp3) is 0.158. The van der Waals surface area contributed by atoms with Crippen molar-refractivity contribution in [1.82, 2.24) is 9.78 Å². The third-order valence-corrected chi connectivity index (χ3v) is 4.64. The molecule has 3 aromatic rings. The SMILES string of the molecule is CS(=O)(=O)OCCc1cnn(-c2cccc(Cl)c2)c1C(=O)Nc1ccccc1. The average molecular weight is 420 g/mol. The van der Waals surface area contributed by atoms with Crippen molar-refractivity contribution in [2.75, 3.05) is 18.2 Å². The monoisotopic (exact) mass is 419 g/mol. The van der Waals surface area contributed by atoms with Gasteiger partial charge in [0.15, 0.2) is 0 Å². The summed E-state index contributed by atoms with van der Waals surface area (Å²) in [6, 6.07) is 15.9. The molecule has 0 bridgehead atoms. The van der Waals surface area contributed by atoms with E-state index in [1.807, 2.05) is 18.2 Å². The lowest BCUT2D eigenvalue weighted by Gasteiger charge is -2.11. The Hall–Kier alpha value is -2.68. The molecule has 2 aromatic carbocycles. The van der Waals surface area contributed by atoms with Gasteiger partial charge in [-0.25, -0.2) is 4.68 Å². The van der Waals surface area contributed by atoms with E-state index in [0.717, 1.165) is 6.26 Å². The summed E-state index contributed by atoms with van der Waals surface area (Å²) in [5.74, 6) is -0.377. The number of aromatic nitrogens is 2. The van der Waals surface area contributed by atoms with Crippen molar-refractivity contribution in [3.63, 3.8) is 0 Å². The van der Waals surface area contributed by atoms with Crippen LogP contribution < -0.4 is 5.32 Å². The zero-order chi connectivity index (χ0) is 20.1. The quantitative estimate of drug-likeness (QED) is 0.593. The predicted molar refractivity (Wildman–Crippen MR) is 107 cm³/mol. The molecule has 3 rings (SSSR count). The molecule has 0 atom stereocenters. The summed E-state index contributed by atoms with van der Waals surface area (Å²) in [6.07, 6.45) is 2.70. The van der Waals surface area contributed by atoms with Crippen LogP contribution in [0.25, 0.3) is 5.69 Å². The largest absolute Gasteiger partial charge is 0.321 e. The van der Waals surface area contributed by atoms with Gasteiger partial charge in [-0.2, -0.15) is 13.5 Å². The van der Waals surface area contributed by atoms with Crippen molar-refractivity contribution in [2.24, 2.45) is 0 Å². The summed E-state index contributed by atoms with van der Waals surface area (Å²) in [5, 5.41) is 7.63. The van der Waals surface area contributed by atoms with Crippen molar-refractivity contribution >= 4 is 33.3 Å². The van der Waals surface area contributed by atoms with Gasteiger partial charge in [0, 0.05) is 22.7 Å². The summed E-state index contributed by atoms with van der Waals surface area (Å²) >= 11 is 6.07. The van der Waals surface area contributed by atoms with E-state index in [1.54, 1.807) is 36.4 Å². The molecule has 0 saturated heterocycles. The molecule has 7 nitrogen and oxygen atoms in total. The summed E-state index contributed by atoms with van der Waals surface area (Å²) in [4.78, 5) is 13.0. The number of benzene rings is 2. The van der Waals surface area contributed by atoms with Gasteiger partial charge in [0.2, 0.25) is 0 Å². The van der Waals surface area contributed by atoms with Gasteiger partial charge in [-0.1, -0.05) is 35.9 Å². The molecular weight excluding hydrogens is 402 g/mol. The van der Waals surface area contributed by atoms with E-state index in [9.17, 15) is 13.2 Å². The Balaban J connectivity index is 1.95. The van der Waals surface area contributed by atoms with Gasteiger partial charge in [0.25, 0.3) is 16.0 Å². The maximum absolute atomic E-state index is 13.0. The predicted octanol–water partition coefficient (Wildman–Crippen LogP) is 3.30. The Morgan fingerprint density at radius 2 is 1.93 bits per heavy atom. The van der Waals surface area contributed by atoms with E-state index in [0.29, 0.717) is 22.0 Å². The third-order valence-electron chi connectivity index (χ3n) is 3.81. The van der Waals surface area contributed by atoms with Crippen molar-refractivity contribution < 1.29 is 17.4 Å². The number of nitrogens with zero attached hydrogens (tertiary/aromatic N) is 2. The van der Waals surface area contributed by atoms with Crippen LogP contribution in [0.1, 0.15) is 16.1 Å². The second kappa shape index (κ2) is 8.55. The van der Waals surface area contributed by atoms with E-state index < -0.39 is 10.1 Å². The Bertz CT molecular complexity index is 1080. The molecular formula is C19H18ClN3O4S. The van der Waals surface area contributed by atoms with Crippen LogP contribution in [-0.4, -0.2) is 37.0 Å². The lowest BCUT2D eigenvalue weighted by atomic mass is 10.1. The summed E-state index contributed by atoms with van der Waals surface area (Å²) in [7, 11) is -3.57. The molecule has 0 unspecified atom stereocenters. The molecule has 9 heteroatoms. The molecule has 1 amide bonds. The number of rotatable bonds is 7. The standard InChI is InChI=1S/C19H18ClN3O4S/c1-28(25,26)27-11-10-14-13-21-23(17-9-5-6-15(20)12-17)18(14)19(24)22-16-7-3-2-4-8-16/h2-9,12-13H,10-11H2,1H3,(H,22,24). The molecule has 0 aliphatic carbocycles. The highest BCUT2D eigenvalue weighted by molar-refractivity contribution is 7.85. The second-order valence-electron chi connectivity index (χ2n) is 6.01. The number of amides is 1. The van der Waals surface area contributed by atoms with Crippen LogP contribution in [0.5, 0.6) is 0 Å². The Morgan fingerprint density at radius 1 is 1.18 bits per heavy atom. The van der Waals surface area contributed by atoms with E-state index in [1.165, 1.54) is 10.9 Å². The zero-order valence-electron chi connectivity index (χ0n) is 15.0. The van der Waals surface area contributed by atoms with Crippen LogP contribution >= 0.6 is 11.6 Å². The summed E-state index contributed by atoms with van der Waals surface area (Å²) < 4.78 is 28.7. The minimum atomic E-state index is -3.57. The Morgan fingerprint density at radius 3 is 2.61 bits per heavy atom. The first kappa shape index (κ1) is 20.1. The number of halogens is 1. The van der Waals surface area contributed by atoms with Crippen LogP contribution in [0, 0.1) is 0 Å². The second-order valence-corrected chi connectivity index (χ2v) is 8.09. The minimum absolute atomic E-state index is 0.0916. The number of nitrogens with one attached hydrogen (secondary N) is 1. The molecule has 0 aliphatic heterocycles.